The van der Waals surface area contributed by atoms with Gasteiger partial charge in [0.1, 0.15) is 0 Å². The molecule has 3 rings (SSSR count). The molecule has 0 aliphatic rings. The van der Waals surface area contributed by atoms with Gasteiger partial charge in [0, 0.05) is 0 Å². The van der Waals surface area contributed by atoms with E-state index in [0.29, 0.717) is 6.29 Å². The molecule has 0 aliphatic heterocycles. The van der Waals surface area contributed by atoms with Gasteiger partial charge in [0.05, 0.1) is 0 Å². The third kappa shape index (κ3) is 2.09. The molecular weight excluding hydrogens is 285 g/mol. The summed E-state index contributed by atoms with van der Waals surface area (Å²) >= 11 is 0. The van der Waals surface area contributed by atoms with Crippen LogP contribution in [0.3, 0.4) is 0 Å². The Balaban J connectivity index is 2.41. The van der Waals surface area contributed by atoms with Crippen molar-refractivity contribution >= 4 is 22.5 Å². The van der Waals surface area contributed by atoms with Crippen molar-refractivity contribution in [1.82, 2.24) is 0 Å². The Labute approximate surface area is 132 Å². The second kappa shape index (κ2) is 5.68. The Hall–Kier alpha value is -1.95. The summed E-state index contributed by atoms with van der Waals surface area (Å²) in [7, 11) is 0. The standard InChI is InChI=1S/C20H22NP/c1-22(17-21,18-11-5-2-6-12-18,19-13-7-3-8-14-19)20-15-9-4-10-16-20/h2-16H,17,21H2,1H3. The molecule has 3 aromatic rings. The summed E-state index contributed by atoms with van der Waals surface area (Å²) in [6.07, 6.45) is 0.629. The van der Waals surface area contributed by atoms with Gasteiger partial charge in [-0.15, -0.1) is 0 Å². The SMILES string of the molecule is CP(CN)(c1ccccc1)(c1ccccc1)c1ccccc1. The summed E-state index contributed by atoms with van der Waals surface area (Å²) in [5.41, 5.74) is 6.50. The summed E-state index contributed by atoms with van der Waals surface area (Å²) in [5.74, 6) is 0. The second-order valence-corrected chi connectivity index (χ2v) is 11.5. The number of hydrogen-bond acceptors (Lipinski definition) is 1. The Bertz CT molecular complexity index is 639. The van der Waals surface area contributed by atoms with E-state index < -0.39 is 6.60 Å². The van der Waals surface area contributed by atoms with E-state index in [9.17, 15) is 0 Å². The Morgan fingerprint density at radius 2 is 0.864 bits per heavy atom. The van der Waals surface area contributed by atoms with Gasteiger partial charge in [-0.1, -0.05) is 0 Å². The molecule has 0 amide bonds. The van der Waals surface area contributed by atoms with Crippen LogP contribution in [0.15, 0.2) is 91.0 Å². The van der Waals surface area contributed by atoms with E-state index in [1.165, 1.54) is 15.9 Å². The van der Waals surface area contributed by atoms with E-state index in [1.54, 1.807) is 0 Å². The van der Waals surface area contributed by atoms with Crippen LogP contribution in [-0.4, -0.2) is 13.0 Å². The Morgan fingerprint density at radius 1 is 0.591 bits per heavy atom. The van der Waals surface area contributed by atoms with Gasteiger partial charge in [-0.3, -0.25) is 0 Å². The number of hydrogen-bond donors (Lipinski definition) is 1. The van der Waals surface area contributed by atoms with Crippen LogP contribution in [0.1, 0.15) is 0 Å². The maximum absolute atomic E-state index is 6.50. The van der Waals surface area contributed by atoms with Crippen LogP contribution in [-0.2, 0) is 0 Å². The van der Waals surface area contributed by atoms with Crippen LogP contribution < -0.4 is 21.6 Å². The van der Waals surface area contributed by atoms with E-state index in [4.69, 9.17) is 5.73 Å². The van der Waals surface area contributed by atoms with Crippen molar-refractivity contribution in [2.24, 2.45) is 5.73 Å². The normalized spacial score (nSPS) is 13.3. The molecule has 0 aliphatic carbocycles. The van der Waals surface area contributed by atoms with Gasteiger partial charge in [0.15, 0.2) is 0 Å². The average Bonchev–Trinajstić information content (AvgIpc) is 2.63. The van der Waals surface area contributed by atoms with Crippen LogP contribution in [0.5, 0.6) is 0 Å². The van der Waals surface area contributed by atoms with Gasteiger partial charge < -0.3 is 0 Å². The molecule has 0 aromatic heterocycles. The number of nitrogens with two attached hydrogens (primary N) is 1. The van der Waals surface area contributed by atoms with E-state index in [-0.39, 0.29) is 0 Å². The fraction of sp³-hybridized carbons (Fsp3) is 0.100. The van der Waals surface area contributed by atoms with E-state index in [1.807, 2.05) is 0 Å². The molecule has 0 bridgehead atoms. The fourth-order valence-corrected chi connectivity index (χ4v) is 7.72. The average molecular weight is 307 g/mol. The van der Waals surface area contributed by atoms with Crippen molar-refractivity contribution in [3.05, 3.63) is 91.0 Å². The van der Waals surface area contributed by atoms with Crippen molar-refractivity contribution in [2.45, 2.75) is 0 Å². The fourth-order valence-electron chi connectivity index (χ4n) is 3.26. The van der Waals surface area contributed by atoms with Crippen LogP contribution in [0.25, 0.3) is 0 Å². The van der Waals surface area contributed by atoms with Crippen molar-refractivity contribution in [3.8, 4) is 0 Å². The molecule has 112 valence electrons. The first-order valence-corrected chi connectivity index (χ1v) is 10.4. The van der Waals surface area contributed by atoms with Crippen molar-refractivity contribution < 1.29 is 0 Å². The third-order valence-corrected chi connectivity index (χ3v) is 10.8. The third-order valence-electron chi connectivity index (χ3n) is 4.82. The second-order valence-electron chi connectivity index (χ2n) is 5.99. The summed E-state index contributed by atoms with van der Waals surface area (Å²) in [6, 6.07) is 32.2. The molecule has 0 radical (unpaired) electrons. The predicted octanol–water partition coefficient (Wildman–Crippen LogP) is 3.06. The Kier molecular flexibility index (Phi) is 3.87. The van der Waals surface area contributed by atoms with Crippen molar-refractivity contribution in [3.63, 3.8) is 0 Å². The van der Waals surface area contributed by atoms with Gasteiger partial charge in [-0.05, 0) is 0 Å². The molecular formula is C20H22NP. The van der Waals surface area contributed by atoms with Gasteiger partial charge in [-0.2, -0.15) is 0 Å². The molecule has 0 fully saturated rings. The van der Waals surface area contributed by atoms with Gasteiger partial charge in [-0.25, -0.2) is 0 Å². The van der Waals surface area contributed by atoms with Crippen molar-refractivity contribution in [1.29, 1.82) is 0 Å². The summed E-state index contributed by atoms with van der Waals surface area (Å²) in [6.45, 7) is -0.242. The first-order chi connectivity index (χ1) is 10.7. The molecule has 0 atom stereocenters. The molecule has 0 unspecified atom stereocenters. The topological polar surface area (TPSA) is 26.0 Å². The first kappa shape index (κ1) is 15.0. The molecule has 0 saturated carbocycles. The molecule has 22 heavy (non-hydrogen) atoms. The molecule has 0 heterocycles. The first-order valence-electron chi connectivity index (χ1n) is 7.57. The zero-order chi connectivity index (χ0) is 15.5. The van der Waals surface area contributed by atoms with Crippen LogP contribution >= 0.6 is 6.60 Å². The van der Waals surface area contributed by atoms with Gasteiger partial charge >= 0.3 is 132 Å². The van der Waals surface area contributed by atoms with Gasteiger partial charge in [0.2, 0.25) is 0 Å². The van der Waals surface area contributed by atoms with Crippen molar-refractivity contribution in [2.75, 3.05) is 13.0 Å². The molecule has 2 N–H and O–H groups in total. The summed E-state index contributed by atoms with van der Waals surface area (Å²) in [5, 5.41) is 4.02. The molecule has 3 aromatic carbocycles. The van der Waals surface area contributed by atoms with Crippen LogP contribution in [0, 0.1) is 0 Å². The van der Waals surface area contributed by atoms with Crippen LogP contribution in [0.2, 0.25) is 0 Å². The monoisotopic (exact) mass is 307 g/mol. The Morgan fingerprint density at radius 3 is 1.09 bits per heavy atom. The molecule has 1 nitrogen and oxygen atoms in total. The summed E-state index contributed by atoms with van der Waals surface area (Å²) < 4.78 is 0. The van der Waals surface area contributed by atoms with E-state index in [0.717, 1.165) is 0 Å². The molecule has 0 spiro atoms. The van der Waals surface area contributed by atoms with E-state index >= 15 is 0 Å². The summed E-state index contributed by atoms with van der Waals surface area (Å²) in [4.78, 5) is 0. The minimum atomic E-state index is -2.62. The zero-order valence-electron chi connectivity index (χ0n) is 12.9. The van der Waals surface area contributed by atoms with E-state index in [2.05, 4.69) is 97.7 Å². The number of benzene rings is 3. The number of rotatable bonds is 4. The molecule has 2 heteroatoms. The maximum atomic E-state index is 6.50. The van der Waals surface area contributed by atoms with Crippen LogP contribution in [0.4, 0.5) is 0 Å². The minimum absolute atomic E-state index is 0.629. The predicted molar refractivity (Wildman–Crippen MR) is 100 cm³/mol. The van der Waals surface area contributed by atoms with Gasteiger partial charge in [0.25, 0.3) is 0 Å². The zero-order valence-corrected chi connectivity index (χ0v) is 13.8. The molecule has 0 saturated heterocycles. The quantitative estimate of drug-likeness (QED) is 0.737.